The van der Waals surface area contributed by atoms with Crippen molar-refractivity contribution >= 4 is 40.7 Å². The van der Waals surface area contributed by atoms with Crippen LogP contribution in [-0.4, -0.2) is 35.3 Å². The van der Waals surface area contributed by atoms with E-state index < -0.39 is 6.04 Å². The SMILES string of the molecule is CC1C(=O)N2CCCCC2C(=O)N1c1c(Cl)cccc1Cl. The van der Waals surface area contributed by atoms with Crippen LogP contribution >= 0.6 is 23.2 Å². The number of piperazine rings is 1. The summed E-state index contributed by atoms with van der Waals surface area (Å²) in [5, 5.41) is 0.777. The molecule has 112 valence electrons. The molecule has 0 saturated carbocycles. The summed E-state index contributed by atoms with van der Waals surface area (Å²) in [7, 11) is 0. The standard InChI is InChI=1S/C15H16Cl2N2O2/c1-9-14(20)18-8-3-2-7-12(18)15(21)19(9)13-10(16)5-4-6-11(13)17/h4-6,9,12H,2-3,7-8H2,1H3. The van der Waals surface area contributed by atoms with E-state index in [2.05, 4.69) is 0 Å². The highest BCUT2D eigenvalue weighted by atomic mass is 35.5. The Morgan fingerprint density at radius 2 is 1.76 bits per heavy atom. The van der Waals surface area contributed by atoms with Crippen molar-refractivity contribution in [2.45, 2.75) is 38.3 Å². The average Bonchev–Trinajstić information content (AvgIpc) is 2.48. The Balaban J connectivity index is 2.05. The molecule has 2 heterocycles. The molecule has 2 saturated heterocycles. The molecule has 6 heteroatoms. The minimum absolute atomic E-state index is 0.0321. The zero-order chi connectivity index (χ0) is 15.1. The first-order valence-corrected chi connectivity index (χ1v) is 7.85. The van der Waals surface area contributed by atoms with Crippen LogP contribution in [0.4, 0.5) is 5.69 Å². The Hall–Kier alpha value is -1.26. The number of carbonyl (C=O) groups excluding carboxylic acids is 2. The first kappa shape index (κ1) is 14.7. The Kier molecular flexibility index (Phi) is 3.84. The van der Waals surface area contributed by atoms with Crippen LogP contribution < -0.4 is 4.90 Å². The molecule has 2 atom stereocenters. The van der Waals surface area contributed by atoms with E-state index in [1.165, 1.54) is 4.90 Å². The Morgan fingerprint density at radius 1 is 1.10 bits per heavy atom. The zero-order valence-electron chi connectivity index (χ0n) is 11.7. The number of amides is 2. The van der Waals surface area contributed by atoms with Gasteiger partial charge in [-0.1, -0.05) is 29.3 Å². The number of rotatable bonds is 1. The van der Waals surface area contributed by atoms with Gasteiger partial charge in [0.05, 0.1) is 15.7 Å². The van der Waals surface area contributed by atoms with Gasteiger partial charge in [0, 0.05) is 6.54 Å². The molecule has 4 nitrogen and oxygen atoms in total. The van der Waals surface area contributed by atoms with Gasteiger partial charge in [0.15, 0.2) is 0 Å². The molecule has 21 heavy (non-hydrogen) atoms. The highest BCUT2D eigenvalue weighted by molar-refractivity contribution is 6.40. The second-order valence-electron chi connectivity index (χ2n) is 5.50. The minimum Gasteiger partial charge on any atom is -0.329 e. The predicted octanol–water partition coefficient (Wildman–Crippen LogP) is 3.11. The van der Waals surface area contributed by atoms with Gasteiger partial charge < -0.3 is 4.90 Å². The van der Waals surface area contributed by atoms with Crippen molar-refractivity contribution in [3.8, 4) is 0 Å². The Morgan fingerprint density at radius 3 is 2.43 bits per heavy atom. The van der Waals surface area contributed by atoms with Crippen molar-refractivity contribution in [1.29, 1.82) is 0 Å². The highest BCUT2D eigenvalue weighted by Crippen LogP contribution is 2.38. The van der Waals surface area contributed by atoms with Gasteiger partial charge in [0.1, 0.15) is 12.1 Å². The zero-order valence-corrected chi connectivity index (χ0v) is 13.2. The van der Waals surface area contributed by atoms with Gasteiger partial charge in [-0.2, -0.15) is 0 Å². The Bertz CT molecular complexity index is 585. The molecule has 0 aliphatic carbocycles. The molecule has 1 aromatic carbocycles. The van der Waals surface area contributed by atoms with Crippen LogP contribution in [0.3, 0.4) is 0 Å². The number of piperidine rings is 1. The topological polar surface area (TPSA) is 40.6 Å². The summed E-state index contributed by atoms with van der Waals surface area (Å²) in [6, 6.07) is 4.13. The van der Waals surface area contributed by atoms with E-state index in [4.69, 9.17) is 23.2 Å². The quantitative estimate of drug-likeness (QED) is 0.795. The van der Waals surface area contributed by atoms with E-state index in [9.17, 15) is 9.59 Å². The fourth-order valence-electron chi connectivity index (χ4n) is 3.18. The smallest absolute Gasteiger partial charge is 0.250 e. The number of hydrogen-bond donors (Lipinski definition) is 0. The predicted molar refractivity (Wildman–Crippen MR) is 82.8 cm³/mol. The lowest BCUT2D eigenvalue weighted by atomic mass is 9.95. The Labute approximate surface area is 133 Å². The summed E-state index contributed by atoms with van der Waals surface area (Å²) in [4.78, 5) is 28.6. The first-order valence-electron chi connectivity index (χ1n) is 7.10. The van der Waals surface area contributed by atoms with E-state index in [1.54, 1.807) is 30.0 Å². The summed E-state index contributed by atoms with van der Waals surface area (Å²) < 4.78 is 0. The van der Waals surface area contributed by atoms with E-state index in [0.717, 1.165) is 12.8 Å². The fraction of sp³-hybridized carbons (Fsp3) is 0.467. The molecule has 1 aromatic rings. The van der Waals surface area contributed by atoms with Crippen LogP contribution in [0.25, 0.3) is 0 Å². The number of carbonyl (C=O) groups is 2. The maximum atomic E-state index is 12.8. The maximum absolute atomic E-state index is 12.8. The van der Waals surface area contributed by atoms with Crippen molar-refractivity contribution in [2.75, 3.05) is 11.4 Å². The van der Waals surface area contributed by atoms with E-state index in [0.29, 0.717) is 28.7 Å². The molecule has 0 radical (unpaired) electrons. The van der Waals surface area contributed by atoms with E-state index in [-0.39, 0.29) is 17.9 Å². The third kappa shape index (κ3) is 2.30. The van der Waals surface area contributed by atoms with Gasteiger partial charge >= 0.3 is 0 Å². The molecule has 2 amide bonds. The van der Waals surface area contributed by atoms with Crippen molar-refractivity contribution in [3.63, 3.8) is 0 Å². The number of benzene rings is 1. The molecular weight excluding hydrogens is 311 g/mol. The van der Waals surface area contributed by atoms with Crippen LogP contribution in [0.5, 0.6) is 0 Å². The molecule has 2 unspecified atom stereocenters. The number of anilines is 1. The molecule has 2 aliphatic heterocycles. The molecule has 2 fully saturated rings. The maximum Gasteiger partial charge on any atom is 0.250 e. The summed E-state index contributed by atoms with van der Waals surface area (Å²) in [6.07, 6.45) is 2.61. The van der Waals surface area contributed by atoms with E-state index >= 15 is 0 Å². The number of para-hydroxylation sites is 1. The molecule has 0 aromatic heterocycles. The van der Waals surface area contributed by atoms with E-state index in [1.807, 2.05) is 0 Å². The molecule has 0 bridgehead atoms. The lowest BCUT2D eigenvalue weighted by Gasteiger charge is -2.46. The number of hydrogen-bond acceptors (Lipinski definition) is 2. The fourth-order valence-corrected chi connectivity index (χ4v) is 3.76. The monoisotopic (exact) mass is 326 g/mol. The highest BCUT2D eigenvalue weighted by Gasteiger charge is 2.46. The van der Waals surface area contributed by atoms with Crippen molar-refractivity contribution < 1.29 is 9.59 Å². The van der Waals surface area contributed by atoms with Crippen LogP contribution in [0, 0.1) is 0 Å². The number of halogens is 2. The van der Waals surface area contributed by atoms with Gasteiger partial charge in [-0.25, -0.2) is 0 Å². The molecular formula is C15H16Cl2N2O2. The van der Waals surface area contributed by atoms with Gasteiger partial charge in [-0.3, -0.25) is 14.5 Å². The van der Waals surface area contributed by atoms with Crippen LogP contribution in [0.2, 0.25) is 10.0 Å². The van der Waals surface area contributed by atoms with Gasteiger partial charge in [-0.15, -0.1) is 0 Å². The molecule has 0 N–H and O–H groups in total. The van der Waals surface area contributed by atoms with Crippen LogP contribution in [-0.2, 0) is 9.59 Å². The lowest BCUT2D eigenvalue weighted by molar-refractivity contribution is -0.147. The van der Waals surface area contributed by atoms with Crippen molar-refractivity contribution in [3.05, 3.63) is 28.2 Å². The summed E-state index contributed by atoms with van der Waals surface area (Å²) in [5.74, 6) is -0.118. The summed E-state index contributed by atoms with van der Waals surface area (Å²) in [5.41, 5.74) is 0.442. The van der Waals surface area contributed by atoms with Crippen LogP contribution in [0.15, 0.2) is 18.2 Å². The molecule has 3 rings (SSSR count). The number of nitrogens with zero attached hydrogens (tertiary/aromatic N) is 2. The largest absolute Gasteiger partial charge is 0.329 e. The third-order valence-corrected chi connectivity index (χ3v) is 4.84. The first-order chi connectivity index (χ1) is 10.0. The lowest BCUT2D eigenvalue weighted by Crippen LogP contribution is -2.65. The summed E-state index contributed by atoms with van der Waals surface area (Å²) >= 11 is 12.4. The molecule has 2 aliphatic rings. The van der Waals surface area contributed by atoms with Crippen LogP contribution in [0.1, 0.15) is 26.2 Å². The van der Waals surface area contributed by atoms with Crippen molar-refractivity contribution in [1.82, 2.24) is 4.90 Å². The van der Waals surface area contributed by atoms with Crippen molar-refractivity contribution in [2.24, 2.45) is 0 Å². The van der Waals surface area contributed by atoms with Gasteiger partial charge in [-0.05, 0) is 38.3 Å². The molecule has 0 spiro atoms. The second-order valence-corrected chi connectivity index (χ2v) is 6.31. The van der Waals surface area contributed by atoms with Gasteiger partial charge in [0.25, 0.3) is 5.91 Å². The number of fused-ring (bicyclic) bond motifs is 1. The normalized spacial score (nSPS) is 26.0. The third-order valence-electron chi connectivity index (χ3n) is 4.23. The average molecular weight is 327 g/mol. The minimum atomic E-state index is -0.579. The summed E-state index contributed by atoms with van der Waals surface area (Å²) in [6.45, 7) is 2.38. The van der Waals surface area contributed by atoms with Gasteiger partial charge in [0.2, 0.25) is 5.91 Å². The second kappa shape index (κ2) is 5.50.